The molecule has 2 aliphatic heterocycles. The normalized spacial score (nSPS) is 29.5. The zero-order valence-electron chi connectivity index (χ0n) is 16.6. The fourth-order valence-electron chi connectivity index (χ4n) is 5.00. The van der Waals surface area contributed by atoms with Crippen LogP contribution in [0.1, 0.15) is 29.2 Å². The fraction of sp³-hybridized carbons (Fsp3) is 0.455. The lowest BCUT2D eigenvalue weighted by molar-refractivity contribution is 0.00706. The Morgan fingerprint density at radius 3 is 2.90 bits per heavy atom. The molecule has 2 fully saturated rings. The molecule has 3 aromatic rings. The molecule has 0 spiro atoms. The number of aromatic amines is 1. The van der Waals surface area contributed by atoms with Crippen molar-refractivity contribution in [3.8, 4) is 6.01 Å². The molecule has 2 aromatic heterocycles. The van der Waals surface area contributed by atoms with Crippen molar-refractivity contribution in [3.05, 3.63) is 52.7 Å². The number of aliphatic hydroxyl groups excluding tert-OH is 1. The molecule has 0 bridgehead atoms. The zero-order valence-corrected chi connectivity index (χ0v) is 16.6. The van der Waals surface area contributed by atoms with Gasteiger partial charge in [0.1, 0.15) is 29.9 Å². The van der Waals surface area contributed by atoms with Gasteiger partial charge in [0.25, 0.3) is 6.01 Å². The number of imidazole rings is 1. The Morgan fingerprint density at radius 1 is 1.13 bits per heavy atom. The number of ether oxygens (including phenoxy) is 3. The maximum Gasteiger partial charge on any atom is 0.296 e. The molecule has 0 amide bonds. The summed E-state index contributed by atoms with van der Waals surface area (Å²) in [5.41, 5.74) is 3.37. The fourth-order valence-corrected chi connectivity index (χ4v) is 5.00. The minimum Gasteiger partial charge on any atom is -0.456 e. The van der Waals surface area contributed by atoms with E-state index in [1.807, 2.05) is 12.1 Å². The lowest BCUT2D eigenvalue weighted by atomic mass is 9.95. The van der Waals surface area contributed by atoms with Crippen LogP contribution < -0.4 is 4.74 Å². The standard InChI is InChI=1S/C22H21F2N3O4/c23-12-5-10-1-2-11(18(10)14(24)7-12)6-13-3-4-15-21(25-13)27-22(26-15)31-17-9-30-19-16(28)8-29-20(17)19/h3-5,7,11,16-17,19-20,28H,1-2,6,8-9H2,(H,25,26,27)/t11?,16-,17-,19-,20-/m1/s1. The molecule has 6 rings (SSSR count). The Labute approximate surface area is 176 Å². The van der Waals surface area contributed by atoms with Crippen molar-refractivity contribution < 1.29 is 28.1 Å². The highest BCUT2D eigenvalue weighted by atomic mass is 19.1. The summed E-state index contributed by atoms with van der Waals surface area (Å²) in [6.07, 6.45) is 0.290. The van der Waals surface area contributed by atoms with Gasteiger partial charge in [-0.05, 0) is 54.5 Å². The van der Waals surface area contributed by atoms with Crippen molar-refractivity contribution in [2.24, 2.45) is 0 Å². The van der Waals surface area contributed by atoms with Gasteiger partial charge in [0.2, 0.25) is 0 Å². The van der Waals surface area contributed by atoms with Crippen LogP contribution in [0.5, 0.6) is 6.01 Å². The van der Waals surface area contributed by atoms with E-state index in [1.54, 1.807) is 0 Å². The van der Waals surface area contributed by atoms with E-state index in [9.17, 15) is 13.9 Å². The first kappa shape index (κ1) is 19.1. The predicted molar refractivity (Wildman–Crippen MR) is 105 cm³/mol. The van der Waals surface area contributed by atoms with Crippen molar-refractivity contribution >= 4 is 11.2 Å². The second-order valence-electron chi connectivity index (χ2n) is 8.44. The highest BCUT2D eigenvalue weighted by molar-refractivity contribution is 5.71. The number of aliphatic hydroxyl groups is 1. The molecule has 31 heavy (non-hydrogen) atoms. The maximum absolute atomic E-state index is 14.3. The lowest BCUT2D eigenvalue weighted by Crippen LogP contribution is -2.34. The number of aryl methyl sites for hydroxylation is 1. The van der Waals surface area contributed by atoms with Crippen LogP contribution in [0.2, 0.25) is 0 Å². The SMILES string of the molecule is O[C@@H]1CO[C@H]2[C@@H]1OC[C@H]2Oc1nc2nc(CC3CCc4cc(F)cc(F)c43)ccc2[nH]1. The molecule has 162 valence electrons. The minimum absolute atomic E-state index is 0.0336. The largest absolute Gasteiger partial charge is 0.456 e. The van der Waals surface area contributed by atoms with Gasteiger partial charge in [-0.25, -0.2) is 13.8 Å². The van der Waals surface area contributed by atoms with Gasteiger partial charge in [0, 0.05) is 11.8 Å². The van der Waals surface area contributed by atoms with Crippen LogP contribution in [-0.4, -0.2) is 57.7 Å². The smallest absolute Gasteiger partial charge is 0.296 e. The number of fused-ring (bicyclic) bond motifs is 3. The summed E-state index contributed by atoms with van der Waals surface area (Å²) in [6.45, 7) is 0.549. The van der Waals surface area contributed by atoms with E-state index in [4.69, 9.17) is 14.2 Å². The van der Waals surface area contributed by atoms with Crippen LogP contribution >= 0.6 is 0 Å². The third kappa shape index (κ3) is 3.28. The second-order valence-corrected chi connectivity index (χ2v) is 8.44. The molecule has 1 unspecified atom stereocenters. The van der Waals surface area contributed by atoms with E-state index in [2.05, 4.69) is 15.0 Å². The number of aromatic nitrogens is 3. The number of benzene rings is 1. The van der Waals surface area contributed by atoms with Gasteiger partial charge in [-0.1, -0.05) is 0 Å². The summed E-state index contributed by atoms with van der Waals surface area (Å²) in [5, 5.41) is 9.86. The molecule has 0 saturated carbocycles. The molecule has 9 heteroatoms. The van der Waals surface area contributed by atoms with Gasteiger partial charge in [-0.2, -0.15) is 4.98 Å². The zero-order chi connectivity index (χ0) is 21.1. The van der Waals surface area contributed by atoms with Crippen molar-refractivity contribution in [3.63, 3.8) is 0 Å². The summed E-state index contributed by atoms with van der Waals surface area (Å²) in [5.74, 6) is -1.05. The average molecular weight is 429 g/mol. The van der Waals surface area contributed by atoms with Crippen LogP contribution in [0.25, 0.3) is 11.2 Å². The Morgan fingerprint density at radius 2 is 2.00 bits per heavy atom. The van der Waals surface area contributed by atoms with E-state index in [0.29, 0.717) is 36.7 Å². The van der Waals surface area contributed by atoms with E-state index < -0.39 is 17.7 Å². The molecular formula is C22H21F2N3O4. The second kappa shape index (κ2) is 7.22. The van der Waals surface area contributed by atoms with Crippen molar-refractivity contribution in [2.45, 2.75) is 49.6 Å². The third-order valence-electron chi connectivity index (χ3n) is 6.43. The number of nitrogens with zero attached hydrogens (tertiary/aromatic N) is 2. The molecule has 1 aromatic carbocycles. The minimum atomic E-state index is -0.638. The van der Waals surface area contributed by atoms with E-state index >= 15 is 0 Å². The maximum atomic E-state index is 14.3. The van der Waals surface area contributed by atoms with Gasteiger partial charge in [0.05, 0.1) is 18.7 Å². The lowest BCUT2D eigenvalue weighted by Gasteiger charge is -2.15. The number of nitrogens with one attached hydrogen (secondary N) is 1. The summed E-state index contributed by atoms with van der Waals surface area (Å²) < 4.78 is 44.9. The first-order valence-corrected chi connectivity index (χ1v) is 10.5. The molecule has 4 heterocycles. The summed E-state index contributed by atoms with van der Waals surface area (Å²) in [4.78, 5) is 12.1. The molecule has 5 atom stereocenters. The number of H-pyrrole nitrogens is 1. The van der Waals surface area contributed by atoms with Gasteiger partial charge in [-0.3, -0.25) is 0 Å². The topological polar surface area (TPSA) is 89.5 Å². The molecule has 7 nitrogen and oxygen atoms in total. The van der Waals surface area contributed by atoms with Gasteiger partial charge in [-0.15, -0.1) is 0 Å². The molecule has 2 saturated heterocycles. The molecular weight excluding hydrogens is 408 g/mol. The number of halogens is 2. The van der Waals surface area contributed by atoms with E-state index in [1.165, 1.54) is 6.07 Å². The van der Waals surface area contributed by atoms with E-state index in [0.717, 1.165) is 29.3 Å². The summed E-state index contributed by atoms with van der Waals surface area (Å²) in [6, 6.07) is 6.45. The summed E-state index contributed by atoms with van der Waals surface area (Å²) in [7, 11) is 0. The van der Waals surface area contributed by atoms with Crippen LogP contribution in [0, 0.1) is 11.6 Å². The molecule has 2 N–H and O–H groups in total. The first-order chi connectivity index (χ1) is 15.0. The van der Waals surface area contributed by atoms with Crippen molar-refractivity contribution in [1.82, 2.24) is 15.0 Å². The number of hydrogen-bond donors (Lipinski definition) is 2. The van der Waals surface area contributed by atoms with Crippen molar-refractivity contribution in [2.75, 3.05) is 13.2 Å². The summed E-state index contributed by atoms with van der Waals surface area (Å²) >= 11 is 0. The van der Waals surface area contributed by atoms with Gasteiger partial charge < -0.3 is 24.3 Å². The molecule has 1 aliphatic carbocycles. The first-order valence-electron chi connectivity index (χ1n) is 10.5. The monoisotopic (exact) mass is 429 g/mol. The Balaban J connectivity index is 1.20. The number of rotatable bonds is 4. The quantitative estimate of drug-likeness (QED) is 0.662. The third-order valence-corrected chi connectivity index (χ3v) is 6.43. The predicted octanol–water partition coefficient (Wildman–Crippen LogP) is 2.41. The van der Waals surface area contributed by atoms with E-state index in [-0.39, 0.29) is 30.8 Å². The Bertz CT molecular complexity index is 1150. The van der Waals surface area contributed by atoms with Gasteiger partial charge in [0.15, 0.2) is 11.8 Å². The highest BCUT2D eigenvalue weighted by Crippen LogP contribution is 2.38. The molecule has 0 radical (unpaired) electrons. The van der Waals surface area contributed by atoms with Crippen LogP contribution in [0.3, 0.4) is 0 Å². The van der Waals surface area contributed by atoms with Crippen LogP contribution in [-0.2, 0) is 22.3 Å². The number of hydrogen-bond acceptors (Lipinski definition) is 6. The van der Waals surface area contributed by atoms with Gasteiger partial charge >= 0.3 is 0 Å². The van der Waals surface area contributed by atoms with Crippen molar-refractivity contribution in [1.29, 1.82) is 0 Å². The highest BCUT2D eigenvalue weighted by Gasteiger charge is 2.48. The Kier molecular flexibility index (Phi) is 4.45. The number of pyridine rings is 1. The average Bonchev–Trinajstić information content (AvgIpc) is 3.48. The van der Waals surface area contributed by atoms with Crippen LogP contribution in [0.15, 0.2) is 24.3 Å². The molecule has 3 aliphatic rings. The van der Waals surface area contributed by atoms with Crippen LogP contribution in [0.4, 0.5) is 8.78 Å². The Hall–Kier alpha value is -2.62.